The fourth-order valence-electron chi connectivity index (χ4n) is 2.76. The van der Waals surface area contributed by atoms with Crippen molar-refractivity contribution in [2.75, 3.05) is 10.6 Å². The van der Waals surface area contributed by atoms with Crippen molar-refractivity contribution in [3.05, 3.63) is 89.4 Å². The van der Waals surface area contributed by atoms with Gasteiger partial charge in [-0.1, -0.05) is 30.3 Å². The molecule has 0 saturated heterocycles. The number of nitrogens with one attached hydrogen (secondary N) is 2. The number of nitrogens with zero attached hydrogens (tertiary/aromatic N) is 3. The molecule has 0 aliphatic heterocycles. The van der Waals surface area contributed by atoms with Crippen LogP contribution in [0.1, 0.15) is 0 Å². The van der Waals surface area contributed by atoms with Crippen LogP contribution >= 0.6 is 28.1 Å². The minimum absolute atomic E-state index is 0.296. The van der Waals surface area contributed by atoms with E-state index in [2.05, 4.69) is 41.5 Å². The van der Waals surface area contributed by atoms with Crippen molar-refractivity contribution in [2.24, 2.45) is 0 Å². The van der Waals surface area contributed by atoms with E-state index in [0.29, 0.717) is 22.4 Å². The number of pyridine rings is 1. The maximum atomic E-state index is 13.1. The predicted molar refractivity (Wildman–Crippen MR) is 125 cm³/mol. The topological polar surface area (TPSA) is 62.7 Å². The molecule has 0 aliphatic carbocycles. The fourth-order valence-corrected chi connectivity index (χ4v) is 3.33. The van der Waals surface area contributed by atoms with Gasteiger partial charge >= 0.3 is 0 Å². The Labute approximate surface area is 186 Å². The molecule has 0 unspecified atom stereocenters. The monoisotopic (exact) mass is 479 g/mol. The van der Waals surface area contributed by atoms with E-state index in [1.807, 2.05) is 42.5 Å². The van der Waals surface area contributed by atoms with Crippen molar-refractivity contribution < 1.29 is 4.39 Å². The molecule has 0 fully saturated rings. The Kier molecular flexibility index (Phi) is 6.06. The van der Waals surface area contributed by atoms with Crippen LogP contribution in [0.15, 0.2) is 83.6 Å². The van der Waals surface area contributed by atoms with Gasteiger partial charge in [-0.15, -0.1) is 0 Å². The zero-order valence-corrected chi connectivity index (χ0v) is 17.9. The lowest BCUT2D eigenvalue weighted by atomic mass is 10.1. The SMILES string of the molecule is Fc1ccc(NC(=S)Nc2nc(-c3ccccc3)cc(-c3cncc(Br)c3)n2)cc1. The fraction of sp³-hybridized carbons (Fsp3) is 0. The van der Waals surface area contributed by atoms with Crippen LogP contribution < -0.4 is 10.6 Å². The third-order valence-corrected chi connectivity index (χ3v) is 4.76. The molecule has 2 heterocycles. The van der Waals surface area contributed by atoms with E-state index in [4.69, 9.17) is 12.2 Å². The number of hydrogen-bond acceptors (Lipinski definition) is 4. The summed E-state index contributed by atoms with van der Waals surface area (Å²) in [5.41, 5.74) is 3.89. The third-order valence-electron chi connectivity index (χ3n) is 4.12. The molecule has 0 amide bonds. The molecule has 0 atom stereocenters. The average molecular weight is 480 g/mol. The Morgan fingerprint density at radius 2 is 1.53 bits per heavy atom. The first-order valence-electron chi connectivity index (χ1n) is 8.96. The van der Waals surface area contributed by atoms with Gasteiger partial charge < -0.3 is 10.6 Å². The number of hydrogen-bond donors (Lipinski definition) is 2. The highest BCUT2D eigenvalue weighted by Crippen LogP contribution is 2.26. The summed E-state index contributed by atoms with van der Waals surface area (Å²) >= 11 is 8.82. The Morgan fingerprint density at radius 1 is 0.833 bits per heavy atom. The molecule has 0 bridgehead atoms. The zero-order valence-electron chi connectivity index (χ0n) is 15.5. The Bertz CT molecular complexity index is 1190. The number of rotatable bonds is 4. The van der Waals surface area contributed by atoms with Crippen LogP contribution in [0.4, 0.5) is 16.0 Å². The second-order valence-electron chi connectivity index (χ2n) is 6.31. The van der Waals surface area contributed by atoms with E-state index in [1.165, 1.54) is 12.1 Å². The minimum atomic E-state index is -0.314. The molecule has 8 heteroatoms. The molecule has 5 nitrogen and oxygen atoms in total. The lowest BCUT2D eigenvalue weighted by Crippen LogP contribution is -2.20. The van der Waals surface area contributed by atoms with Gasteiger partial charge in [-0.2, -0.15) is 0 Å². The van der Waals surface area contributed by atoms with Crippen LogP contribution in [0.2, 0.25) is 0 Å². The molecule has 148 valence electrons. The summed E-state index contributed by atoms with van der Waals surface area (Å²) in [6.45, 7) is 0. The van der Waals surface area contributed by atoms with E-state index in [9.17, 15) is 4.39 Å². The summed E-state index contributed by atoms with van der Waals surface area (Å²) in [4.78, 5) is 13.4. The van der Waals surface area contributed by atoms with Crippen LogP contribution in [0.25, 0.3) is 22.5 Å². The first-order valence-corrected chi connectivity index (χ1v) is 10.2. The standard InChI is InChI=1S/C22H15BrFN5S/c23-16-10-15(12-25-13-16)20-11-19(14-4-2-1-3-5-14)27-21(28-20)29-22(30)26-18-8-6-17(24)7-9-18/h1-13H,(H2,26,27,28,29,30). The number of aromatic nitrogens is 3. The van der Waals surface area contributed by atoms with E-state index in [0.717, 1.165) is 21.3 Å². The molecular formula is C22H15BrFN5S. The van der Waals surface area contributed by atoms with Crippen LogP contribution in [-0.4, -0.2) is 20.1 Å². The molecule has 2 aromatic heterocycles. The molecule has 4 aromatic rings. The number of halogens is 2. The first-order chi connectivity index (χ1) is 14.6. The van der Waals surface area contributed by atoms with Gasteiger partial charge in [0.05, 0.1) is 11.4 Å². The van der Waals surface area contributed by atoms with Gasteiger partial charge in [0.2, 0.25) is 5.95 Å². The van der Waals surface area contributed by atoms with E-state index in [1.54, 1.807) is 24.5 Å². The normalized spacial score (nSPS) is 10.5. The molecule has 4 rings (SSSR count). The average Bonchev–Trinajstić information content (AvgIpc) is 2.76. The summed E-state index contributed by atoms with van der Waals surface area (Å²) < 4.78 is 14.0. The van der Waals surface area contributed by atoms with Crippen molar-refractivity contribution in [3.8, 4) is 22.5 Å². The highest BCUT2D eigenvalue weighted by molar-refractivity contribution is 9.10. The van der Waals surface area contributed by atoms with Crippen molar-refractivity contribution in [2.45, 2.75) is 0 Å². The molecule has 0 spiro atoms. The zero-order chi connectivity index (χ0) is 20.9. The van der Waals surface area contributed by atoms with Crippen LogP contribution in [0.5, 0.6) is 0 Å². The van der Waals surface area contributed by atoms with Crippen LogP contribution in [-0.2, 0) is 0 Å². The summed E-state index contributed by atoms with van der Waals surface area (Å²) in [5, 5.41) is 6.31. The van der Waals surface area contributed by atoms with Gasteiger partial charge in [0, 0.05) is 33.7 Å². The second-order valence-corrected chi connectivity index (χ2v) is 7.63. The van der Waals surface area contributed by atoms with Crippen molar-refractivity contribution in [1.29, 1.82) is 0 Å². The van der Waals surface area contributed by atoms with Crippen LogP contribution in [0.3, 0.4) is 0 Å². The van der Waals surface area contributed by atoms with Gasteiger partial charge in [-0.05, 0) is 64.5 Å². The highest BCUT2D eigenvalue weighted by atomic mass is 79.9. The summed E-state index contributed by atoms with van der Waals surface area (Å²) in [6.07, 6.45) is 3.45. The summed E-state index contributed by atoms with van der Waals surface area (Å²) in [7, 11) is 0. The Hall–Kier alpha value is -3.23. The third kappa shape index (κ3) is 5.03. The van der Waals surface area contributed by atoms with Crippen molar-refractivity contribution in [3.63, 3.8) is 0 Å². The lowest BCUT2D eigenvalue weighted by Gasteiger charge is -2.12. The van der Waals surface area contributed by atoms with Gasteiger partial charge in [0.25, 0.3) is 0 Å². The highest BCUT2D eigenvalue weighted by Gasteiger charge is 2.11. The largest absolute Gasteiger partial charge is 0.332 e. The molecule has 0 radical (unpaired) electrons. The smallest absolute Gasteiger partial charge is 0.230 e. The second kappa shape index (κ2) is 9.06. The first kappa shape index (κ1) is 20.1. The van der Waals surface area contributed by atoms with Crippen molar-refractivity contribution in [1.82, 2.24) is 15.0 Å². The van der Waals surface area contributed by atoms with Gasteiger partial charge in [0.15, 0.2) is 5.11 Å². The summed E-state index contributed by atoms with van der Waals surface area (Å²) in [6, 6.07) is 19.6. The molecule has 2 aromatic carbocycles. The lowest BCUT2D eigenvalue weighted by molar-refractivity contribution is 0.628. The predicted octanol–water partition coefficient (Wildman–Crippen LogP) is 5.92. The number of thiocarbonyl (C=S) groups is 1. The van der Waals surface area contributed by atoms with E-state index < -0.39 is 0 Å². The maximum Gasteiger partial charge on any atom is 0.230 e. The number of benzene rings is 2. The maximum absolute atomic E-state index is 13.1. The number of anilines is 2. The van der Waals surface area contributed by atoms with E-state index in [-0.39, 0.29) is 5.82 Å². The van der Waals surface area contributed by atoms with Gasteiger partial charge in [-0.3, -0.25) is 4.98 Å². The Balaban J connectivity index is 1.66. The van der Waals surface area contributed by atoms with E-state index >= 15 is 0 Å². The minimum Gasteiger partial charge on any atom is -0.332 e. The van der Waals surface area contributed by atoms with Gasteiger partial charge in [0.1, 0.15) is 5.82 Å². The van der Waals surface area contributed by atoms with Gasteiger partial charge in [-0.25, -0.2) is 14.4 Å². The Morgan fingerprint density at radius 3 is 2.23 bits per heavy atom. The summed E-state index contributed by atoms with van der Waals surface area (Å²) in [5.74, 6) is 0.0246. The molecular weight excluding hydrogens is 465 g/mol. The molecule has 30 heavy (non-hydrogen) atoms. The molecule has 2 N–H and O–H groups in total. The van der Waals surface area contributed by atoms with Crippen LogP contribution in [0, 0.1) is 5.82 Å². The molecule has 0 saturated carbocycles. The molecule has 0 aliphatic rings. The van der Waals surface area contributed by atoms with Crippen molar-refractivity contribution >= 4 is 44.9 Å². The quantitative estimate of drug-likeness (QED) is 0.354.